The van der Waals surface area contributed by atoms with Crippen molar-refractivity contribution in [2.24, 2.45) is 0 Å². The van der Waals surface area contributed by atoms with E-state index in [9.17, 15) is 0 Å². The summed E-state index contributed by atoms with van der Waals surface area (Å²) >= 11 is 0. The van der Waals surface area contributed by atoms with E-state index in [0.29, 0.717) is 0 Å². The average Bonchev–Trinajstić information content (AvgIpc) is 2.70. The molecule has 0 bridgehead atoms. The highest BCUT2D eigenvalue weighted by atomic mass is 16.5. The van der Waals surface area contributed by atoms with Crippen LogP contribution in [0.5, 0.6) is 5.75 Å². The maximum atomic E-state index is 5.53. The molecule has 0 radical (unpaired) electrons. The molecular weight excluding hydrogens is 320 g/mol. The first-order valence-electron chi connectivity index (χ1n) is 9.59. The zero-order valence-corrected chi connectivity index (χ0v) is 15.5. The van der Waals surface area contributed by atoms with Crippen LogP contribution in [0.15, 0.2) is 66.7 Å². The molecule has 3 aromatic rings. The molecule has 3 aromatic carbocycles. The molecule has 0 amide bonds. The fraction of sp³-hybridized carbons (Fsp3) is 0.304. The first-order valence-corrected chi connectivity index (χ1v) is 9.59. The molecule has 1 aliphatic rings. The molecule has 134 valence electrons. The van der Waals surface area contributed by atoms with Crippen molar-refractivity contribution < 1.29 is 14.5 Å². The molecule has 0 spiro atoms. The minimum Gasteiger partial charge on any atom is -0.496 e. The standard InChI is InChI=1S/C23H26N2O/c1-26-23-12-11-20(21-9-5-6-10-22(21)23)18-25-15-13-24(14-16-25)17-19-7-3-2-4-8-19/h2-12H,13-18H2,1H3/p+2. The van der Waals surface area contributed by atoms with Crippen LogP contribution in [0.4, 0.5) is 0 Å². The zero-order valence-electron chi connectivity index (χ0n) is 15.5. The van der Waals surface area contributed by atoms with Gasteiger partial charge in [-0.25, -0.2) is 0 Å². The molecule has 0 aromatic heterocycles. The number of rotatable bonds is 5. The molecule has 1 fully saturated rings. The van der Waals surface area contributed by atoms with Gasteiger partial charge in [0, 0.05) is 16.5 Å². The van der Waals surface area contributed by atoms with Crippen molar-refractivity contribution in [2.75, 3.05) is 33.3 Å². The number of nitrogens with one attached hydrogen (secondary N) is 2. The van der Waals surface area contributed by atoms with E-state index in [1.54, 1.807) is 16.9 Å². The number of ether oxygens (including phenoxy) is 1. The molecule has 1 aliphatic heterocycles. The van der Waals surface area contributed by atoms with Gasteiger partial charge in [-0.2, -0.15) is 0 Å². The Morgan fingerprint density at radius 3 is 2.00 bits per heavy atom. The second-order valence-electron chi connectivity index (χ2n) is 7.31. The first kappa shape index (κ1) is 17.1. The Kier molecular flexibility index (Phi) is 5.19. The number of fused-ring (bicyclic) bond motifs is 1. The topological polar surface area (TPSA) is 18.1 Å². The second kappa shape index (κ2) is 7.90. The Bertz CT molecular complexity index is 854. The van der Waals surface area contributed by atoms with E-state index >= 15 is 0 Å². The van der Waals surface area contributed by atoms with Crippen molar-refractivity contribution in [2.45, 2.75) is 13.1 Å². The summed E-state index contributed by atoms with van der Waals surface area (Å²) in [6.07, 6.45) is 0. The van der Waals surface area contributed by atoms with Crippen LogP contribution in [-0.2, 0) is 13.1 Å². The summed E-state index contributed by atoms with van der Waals surface area (Å²) in [6.45, 7) is 7.23. The van der Waals surface area contributed by atoms with Crippen LogP contribution < -0.4 is 14.5 Å². The SMILES string of the molecule is COc1ccc(C[NH+]2CC[NH+](Cc3ccccc3)CC2)c2ccccc12. The number of piperazine rings is 1. The third-order valence-corrected chi connectivity index (χ3v) is 5.60. The van der Waals surface area contributed by atoms with Gasteiger partial charge in [0.25, 0.3) is 0 Å². The number of quaternary nitrogens is 2. The maximum Gasteiger partial charge on any atom is 0.127 e. The lowest BCUT2D eigenvalue weighted by Gasteiger charge is -2.30. The molecule has 3 heteroatoms. The molecule has 26 heavy (non-hydrogen) atoms. The van der Waals surface area contributed by atoms with Gasteiger partial charge < -0.3 is 14.5 Å². The van der Waals surface area contributed by atoms with Crippen molar-refractivity contribution in [3.63, 3.8) is 0 Å². The summed E-state index contributed by atoms with van der Waals surface area (Å²) in [6, 6.07) is 23.8. The van der Waals surface area contributed by atoms with Crippen LogP contribution in [-0.4, -0.2) is 33.3 Å². The fourth-order valence-corrected chi connectivity index (χ4v) is 4.13. The smallest absolute Gasteiger partial charge is 0.127 e. The highest BCUT2D eigenvalue weighted by molar-refractivity contribution is 5.90. The third-order valence-electron chi connectivity index (χ3n) is 5.60. The summed E-state index contributed by atoms with van der Waals surface area (Å²) in [7, 11) is 1.75. The Morgan fingerprint density at radius 1 is 0.692 bits per heavy atom. The summed E-state index contributed by atoms with van der Waals surface area (Å²) in [4.78, 5) is 3.40. The van der Waals surface area contributed by atoms with Gasteiger partial charge in [-0.15, -0.1) is 0 Å². The van der Waals surface area contributed by atoms with E-state index in [-0.39, 0.29) is 0 Å². The van der Waals surface area contributed by atoms with Crippen molar-refractivity contribution >= 4 is 10.8 Å². The molecule has 3 nitrogen and oxygen atoms in total. The van der Waals surface area contributed by atoms with Crippen LogP contribution in [0, 0.1) is 0 Å². The lowest BCUT2D eigenvalue weighted by molar-refractivity contribution is -1.02. The molecule has 2 N–H and O–H groups in total. The molecule has 1 heterocycles. The summed E-state index contributed by atoms with van der Waals surface area (Å²) in [5.74, 6) is 0.969. The van der Waals surface area contributed by atoms with Gasteiger partial charge in [0.2, 0.25) is 0 Å². The van der Waals surface area contributed by atoms with E-state index in [0.717, 1.165) is 18.8 Å². The molecule has 0 saturated carbocycles. The van der Waals surface area contributed by atoms with Crippen molar-refractivity contribution in [1.29, 1.82) is 0 Å². The summed E-state index contributed by atoms with van der Waals surface area (Å²) in [5.41, 5.74) is 2.88. The van der Waals surface area contributed by atoms with Gasteiger partial charge in [-0.3, -0.25) is 0 Å². The van der Waals surface area contributed by atoms with Crippen LogP contribution in [0.2, 0.25) is 0 Å². The molecule has 0 unspecified atom stereocenters. The van der Waals surface area contributed by atoms with E-state index < -0.39 is 0 Å². The average molecular weight is 348 g/mol. The van der Waals surface area contributed by atoms with Gasteiger partial charge in [0.1, 0.15) is 45.0 Å². The quantitative estimate of drug-likeness (QED) is 0.712. The largest absolute Gasteiger partial charge is 0.496 e. The molecule has 0 atom stereocenters. The molecule has 0 aliphatic carbocycles. The van der Waals surface area contributed by atoms with E-state index in [1.807, 2.05) is 0 Å². The zero-order chi connectivity index (χ0) is 17.8. The predicted octanol–water partition coefficient (Wildman–Crippen LogP) is 1.33. The van der Waals surface area contributed by atoms with Gasteiger partial charge in [-0.1, -0.05) is 54.6 Å². The van der Waals surface area contributed by atoms with Gasteiger partial charge in [0.15, 0.2) is 0 Å². The van der Waals surface area contributed by atoms with E-state index in [2.05, 4.69) is 66.7 Å². The highest BCUT2D eigenvalue weighted by Crippen LogP contribution is 2.27. The number of methoxy groups -OCH3 is 1. The van der Waals surface area contributed by atoms with Gasteiger partial charge in [0.05, 0.1) is 7.11 Å². The maximum absolute atomic E-state index is 5.53. The van der Waals surface area contributed by atoms with E-state index in [1.165, 1.54) is 48.1 Å². The second-order valence-corrected chi connectivity index (χ2v) is 7.31. The van der Waals surface area contributed by atoms with Crippen LogP contribution in [0.3, 0.4) is 0 Å². The normalized spacial score (nSPS) is 20.2. The molecule has 1 saturated heterocycles. The third kappa shape index (κ3) is 3.74. The van der Waals surface area contributed by atoms with Gasteiger partial charge in [-0.05, 0) is 17.5 Å². The fourth-order valence-electron chi connectivity index (χ4n) is 4.13. The lowest BCUT2D eigenvalue weighted by atomic mass is 10.0. The van der Waals surface area contributed by atoms with Crippen LogP contribution >= 0.6 is 0 Å². The van der Waals surface area contributed by atoms with Crippen molar-refractivity contribution in [1.82, 2.24) is 0 Å². The van der Waals surface area contributed by atoms with E-state index in [4.69, 9.17) is 4.74 Å². The number of hydrogen-bond donors (Lipinski definition) is 2. The minimum atomic E-state index is 0.969. The summed E-state index contributed by atoms with van der Waals surface area (Å²) in [5, 5.41) is 2.55. The molecular formula is C23H28N2O+2. The Labute approximate surface area is 155 Å². The van der Waals surface area contributed by atoms with Gasteiger partial charge >= 0.3 is 0 Å². The summed E-state index contributed by atoms with van der Waals surface area (Å²) < 4.78 is 5.53. The molecule has 4 rings (SSSR count). The predicted molar refractivity (Wildman–Crippen MR) is 106 cm³/mol. The first-order chi connectivity index (χ1) is 12.8. The lowest BCUT2D eigenvalue weighted by Crippen LogP contribution is -3.27. The minimum absolute atomic E-state index is 0.969. The Morgan fingerprint density at radius 2 is 1.31 bits per heavy atom. The van der Waals surface area contributed by atoms with Crippen molar-refractivity contribution in [3.05, 3.63) is 77.9 Å². The van der Waals surface area contributed by atoms with Crippen LogP contribution in [0.25, 0.3) is 10.8 Å². The Hall–Kier alpha value is -2.36. The monoisotopic (exact) mass is 348 g/mol. The highest BCUT2D eigenvalue weighted by Gasteiger charge is 2.23. The number of benzene rings is 3. The van der Waals surface area contributed by atoms with Crippen molar-refractivity contribution in [3.8, 4) is 5.75 Å². The Balaban J connectivity index is 1.41. The van der Waals surface area contributed by atoms with Crippen LogP contribution in [0.1, 0.15) is 11.1 Å². The number of hydrogen-bond acceptors (Lipinski definition) is 1.